The van der Waals surface area contributed by atoms with Crippen molar-refractivity contribution in [2.45, 2.75) is 13.0 Å². The van der Waals surface area contributed by atoms with E-state index in [0.717, 1.165) is 23.9 Å². The van der Waals surface area contributed by atoms with Gasteiger partial charge in [0.15, 0.2) is 0 Å². The highest BCUT2D eigenvalue weighted by Crippen LogP contribution is 2.22. The van der Waals surface area contributed by atoms with Crippen LogP contribution in [0, 0.1) is 11.3 Å². The molecule has 3 nitrogen and oxygen atoms in total. The fourth-order valence-corrected chi connectivity index (χ4v) is 2.73. The first kappa shape index (κ1) is 10.3. The summed E-state index contributed by atoms with van der Waals surface area (Å²) in [4.78, 5) is 6.60. The molecular formula is C11H13N3S. The second kappa shape index (κ2) is 4.54. The lowest BCUT2D eigenvalue weighted by Gasteiger charge is -2.34. The van der Waals surface area contributed by atoms with Crippen molar-refractivity contribution in [1.29, 1.82) is 5.26 Å². The summed E-state index contributed by atoms with van der Waals surface area (Å²) in [6, 6.07) is 6.26. The molecule has 78 valence electrons. The number of rotatable bonds is 1. The Balaban J connectivity index is 2.24. The summed E-state index contributed by atoms with van der Waals surface area (Å²) >= 11 is 1.98. The lowest BCUT2D eigenvalue weighted by molar-refractivity contribution is 0.690. The van der Waals surface area contributed by atoms with Crippen LogP contribution in [0.25, 0.3) is 0 Å². The van der Waals surface area contributed by atoms with Crippen LogP contribution in [0.3, 0.4) is 0 Å². The number of anilines is 1. The van der Waals surface area contributed by atoms with Gasteiger partial charge in [-0.25, -0.2) is 4.98 Å². The molecular weight excluding hydrogens is 206 g/mol. The Kier molecular flexibility index (Phi) is 3.12. The molecule has 1 aromatic heterocycles. The highest BCUT2D eigenvalue weighted by atomic mass is 32.2. The Hall–Kier alpha value is -1.21. The van der Waals surface area contributed by atoms with Crippen molar-refractivity contribution in [2.75, 3.05) is 23.0 Å². The Bertz CT molecular complexity index is 386. The van der Waals surface area contributed by atoms with E-state index in [0.29, 0.717) is 11.6 Å². The van der Waals surface area contributed by atoms with Crippen LogP contribution in [0.2, 0.25) is 0 Å². The Labute approximate surface area is 94.1 Å². The van der Waals surface area contributed by atoms with Gasteiger partial charge in [0.2, 0.25) is 0 Å². The lowest BCUT2D eigenvalue weighted by Crippen LogP contribution is -2.40. The number of nitrogens with zero attached hydrogens (tertiary/aromatic N) is 3. The van der Waals surface area contributed by atoms with E-state index in [2.05, 4.69) is 22.9 Å². The van der Waals surface area contributed by atoms with E-state index < -0.39 is 0 Å². The molecule has 1 fully saturated rings. The van der Waals surface area contributed by atoms with Gasteiger partial charge in [-0.15, -0.1) is 0 Å². The summed E-state index contributed by atoms with van der Waals surface area (Å²) in [5.41, 5.74) is 0.686. The van der Waals surface area contributed by atoms with Gasteiger partial charge in [-0.2, -0.15) is 17.0 Å². The van der Waals surface area contributed by atoms with Crippen LogP contribution in [0.5, 0.6) is 0 Å². The first-order valence-electron chi connectivity index (χ1n) is 5.02. The minimum atomic E-state index is 0.505. The number of hydrogen-bond donors (Lipinski definition) is 0. The van der Waals surface area contributed by atoms with Crippen molar-refractivity contribution in [3.63, 3.8) is 0 Å². The highest BCUT2D eigenvalue weighted by molar-refractivity contribution is 7.99. The van der Waals surface area contributed by atoms with Gasteiger partial charge in [0.1, 0.15) is 5.82 Å². The number of nitriles is 1. The third-order valence-corrected chi connectivity index (χ3v) is 3.73. The van der Waals surface area contributed by atoms with Crippen molar-refractivity contribution in [2.24, 2.45) is 0 Å². The fraction of sp³-hybridized carbons (Fsp3) is 0.455. The first-order chi connectivity index (χ1) is 7.31. The number of aromatic nitrogens is 1. The van der Waals surface area contributed by atoms with Gasteiger partial charge in [0.05, 0.1) is 11.6 Å². The molecule has 0 spiro atoms. The fourth-order valence-electron chi connectivity index (χ4n) is 1.71. The van der Waals surface area contributed by atoms with Crippen molar-refractivity contribution in [1.82, 2.24) is 4.98 Å². The van der Waals surface area contributed by atoms with E-state index in [4.69, 9.17) is 5.26 Å². The molecule has 1 atom stereocenters. The second-order valence-electron chi connectivity index (χ2n) is 3.63. The maximum absolute atomic E-state index is 8.83. The van der Waals surface area contributed by atoms with Crippen molar-refractivity contribution in [3.05, 3.63) is 23.9 Å². The molecule has 1 saturated heterocycles. The van der Waals surface area contributed by atoms with Gasteiger partial charge in [-0.1, -0.05) is 0 Å². The van der Waals surface area contributed by atoms with Crippen molar-refractivity contribution >= 4 is 17.6 Å². The summed E-state index contributed by atoms with van der Waals surface area (Å²) in [7, 11) is 0. The molecule has 15 heavy (non-hydrogen) atoms. The molecule has 1 aromatic rings. The Morgan fingerprint density at radius 2 is 2.53 bits per heavy atom. The zero-order chi connectivity index (χ0) is 10.7. The second-order valence-corrected chi connectivity index (χ2v) is 4.78. The Morgan fingerprint density at radius 1 is 1.67 bits per heavy atom. The van der Waals surface area contributed by atoms with E-state index in [1.54, 1.807) is 12.3 Å². The van der Waals surface area contributed by atoms with Gasteiger partial charge < -0.3 is 4.90 Å². The average Bonchev–Trinajstić information content (AvgIpc) is 2.30. The van der Waals surface area contributed by atoms with Gasteiger partial charge in [-0.05, 0) is 19.1 Å². The molecule has 2 rings (SSSR count). The summed E-state index contributed by atoms with van der Waals surface area (Å²) in [6.07, 6.45) is 1.71. The molecule has 0 bridgehead atoms. The van der Waals surface area contributed by atoms with E-state index in [1.165, 1.54) is 0 Å². The molecule has 2 heterocycles. The predicted octanol–water partition coefficient (Wildman–Crippen LogP) is 1.89. The van der Waals surface area contributed by atoms with Gasteiger partial charge in [0.25, 0.3) is 0 Å². The number of pyridine rings is 1. The standard InChI is InChI=1S/C11H13N3S/c1-9-8-15-5-4-14(9)11-6-10(7-12)2-3-13-11/h2-3,6,9H,4-5,8H2,1H3. The van der Waals surface area contributed by atoms with Crippen LogP contribution in [0.4, 0.5) is 5.82 Å². The van der Waals surface area contributed by atoms with E-state index in [-0.39, 0.29) is 0 Å². The Morgan fingerprint density at radius 3 is 3.27 bits per heavy atom. The smallest absolute Gasteiger partial charge is 0.130 e. The molecule has 0 aromatic carbocycles. The van der Waals surface area contributed by atoms with Gasteiger partial charge in [-0.3, -0.25) is 0 Å². The maximum atomic E-state index is 8.83. The quantitative estimate of drug-likeness (QED) is 0.723. The van der Waals surface area contributed by atoms with Crippen LogP contribution in [0.1, 0.15) is 12.5 Å². The summed E-state index contributed by atoms with van der Waals surface area (Å²) < 4.78 is 0. The van der Waals surface area contributed by atoms with Crippen LogP contribution >= 0.6 is 11.8 Å². The third kappa shape index (κ3) is 2.24. The van der Waals surface area contributed by atoms with Crippen LogP contribution in [0.15, 0.2) is 18.3 Å². The lowest BCUT2D eigenvalue weighted by atomic mass is 10.2. The van der Waals surface area contributed by atoms with Gasteiger partial charge >= 0.3 is 0 Å². The van der Waals surface area contributed by atoms with Gasteiger partial charge in [0, 0.05) is 30.3 Å². The van der Waals surface area contributed by atoms with E-state index in [1.807, 2.05) is 17.8 Å². The SMILES string of the molecule is CC1CSCCN1c1cc(C#N)ccn1. The zero-order valence-electron chi connectivity index (χ0n) is 8.68. The molecule has 1 unspecified atom stereocenters. The zero-order valence-corrected chi connectivity index (χ0v) is 9.50. The van der Waals surface area contributed by atoms with Crippen molar-refractivity contribution in [3.8, 4) is 6.07 Å². The van der Waals surface area contributed by atoms with Crippen LogP contribution in [-0.4, -0.2) is 29.1 Å². The maximum Gasteiger partial charge on any atom is 0.130 e. The molecule has 4 heteroatoms. The largest absolute Gasteiger partial charge is 0.352 e. The monoisotopic (exact) mass is 219 g/mol. The minimum Gasteiger partial charge on any atom is -0.352 e. The third-order valence-electron chi connectivity index (χ3n) is 2.54. The molecule has 0 N–H and O–H groups in total. The normalized spacial score (nSPS) is 21.1. The minimum absolute atomic E-state index is 0.505. The van der Waals surface area contributed by atoms with Crippen LogP contribution < -0.4 is 4.90 Å². The summed E-state index contributed by atoms with van der Waals surface area (Å²) in [6.45, 7) is 3.22. The van der Waals surface area contributed by atoms with E-state index >= 15 is 0 Å². The number of hydrogen-bond acceptors (Lipinski definition) is 4. The molecule has 1 aliphatic heterocycles. The highest BCUT2D eigenvalue weighted by Gasteiger charge is 2.19. The molecule has 0 saturated carbocycles. The average molecular weight is 219 g/mol. The molecule has 0 radical (unpaired) electrons. The molecule has 0 amide bonds. The topological polar surface area (TPSA) is 39.9 Å². The van der Waals surface area contributed by atoms with Crippen LogP contribution in [-0.2, 0) is 0 Å². The predicted molar refractivity (Wildman–Crippen MR) is 63.1 cm³/mol. The number of thioether (sulfide) groups is 1. The van der Waals surface area contributed by atoms with Crippen molar-refractivity contribution < 1.29 is 0 Å². The first-order valence-corrected chi connectivity index (χ1v) is 6.17. The van der Waals surface area contributed by atoms with E-state index in [9.17, 15) is 0 Å². The summed E-state index contributed by atoms with van der Waals surface area (Å²) in [5.74, 6) is 3.21. The summed E-state index contributed by atoms with van der Waals surface area (Å²) in [5, 5.41) is 8.83. The molecule has 0 aliphatic carbocycles. The molecule has 1 aliphatic rings.